The van der Waals surface area contributed by atoms with Crippen LogP contribution in [0.4, 0.5) is 0 Å². The fourth-order valence-corrected chi connectivity index (χ4v) is 0.757. The smallest absolute Gasteiger partial charge is 0.112 e. The Kier molecular flexibility index (Phi) is 3.33. The van der Waals surface area contributed by atoms with Crippen molar-refractivity contribution >= 4 is 0 Å². The molecule has 2 nitrogen and oxygen atoms in total. The van der Waals surface area contributed by atoms with E-state index in [1.807, 2.05) is 34.6 Å². The van der Waals surface area contributed by atoms with Gasteiger partial charge in [-0.1, -0.05) is 27.7 Å². The minimum Gasteiger partial charge on any atom is -0.197 e. The van der Waals surface area contributed by atoms with E-state index >= 15 is 0 Å². The van der Waals surface area contributed by atoms with Gasteiger partial charge >= 0.3 is 0 Å². The van der Waals surface area contributed by atoms with E-state index < -0.39 is 5.60 Å². The van der Waals surface area contributed by atoms with Crippen LogP contribution < -0.4 is 0 Å². The minimum atomic E-state index is -0.597. The van der Waals surface area contributed by atoms with Gasteiger partial charge < -0.3 is 0 Å². The molecule has 0 saturated carbocycles. The van der Waals surface area contributed by atoms with Gasteiger partial charge in [0.2, 0.25) is 0 Å². The highest BCUT2D eigenvalue weighted by atomic mass is 17.1. The summed E-state index contributed by atoms with van der Waals surface area (Å²) in [5.41, 5.74) is -0.597. The van der Waals surface area contributed by atoms with Gasteiger partial charge in [0.25, 0.3) is 0 Å². The summed E-state index contributed by atoms with van der Waals surface area (Å²) in [5, 5.41) is 10.3. The first-order valence-corrected chi connectivity index (χ1v) is 3.56. The van der Waals surface area contributed by atoms with Crippen molar-refractivity contribution in [2.75, 3.05) is 0 Å². The van der Waals surface area contributed by atoms with E-state index in [2.05, 4.69) is 4.89 Å². The maximum absolute atomic E-state index is 10.3. The van der Waals surface area contributed by atoms with Crippen LogP contribution in [0.1, 0.15) is 34.6 Å². The lowest BCUT2D eigenvalue weighted by Crippen LogP contribution is -2.37. The third kappa shape index (κ3) is 1.70. The molecule has 10 heavy (non-hydrogen) atoms. The molecule has 0 saturated heterocycles. The third-order valence-electron chi connectivity index (χ3n) is 2.27. The lowest BCUT2D eigenvalue weighted by molar-refractivity contribution is -0.373. The number of hydrogen-bond acceptors (Lipinski definition) is 1. The van der Waals surface area contributed by atoms with Crippen LogP contribution in [0.15, 0.2) is 0 Å². The predicted molar refractivity (Wildman–Crippen MR) is 39.6 cm³/mol. The van der Waals surface area contributed by atoms with Crippen molar-refractivity contribution in [1.82, 2.24) is 0 Å². The van der Waals surface area contributed by atoms with Crippen molar-refractivity contribution < 1.29 is 10.1 Å². The molecule has 0 bridgehead atoms. The van der Waals surface area contributed by atoms with Gasteiger partial charge in [-0.3, -0.25) is 0 Å². The molecule has 2 radical (unpaired) electrons. The second-order valence-electron chi connectivity index (χ2n) is 3.35. The van der Waals surface area contributed by atoms with Gasteiger partial charge in [0, 0.05) is 5.92 Å². The summed E-state index contributed by atoms with van der Waals surface area (Å²) in [6.45, 7) is 9.60. The first kappa shape index (κ1) is 9.92. The van der Waals surface area contributed by atoms with Crippen LogP contribution in [0.3, 0.4) is 0 Å². The van der Waals surface area contributed by atoms with Crippen LogP contribution in [0.5, 0.6) is 0 Å². The van der Waals surface area contributed by atoms with Crippen molar-refractivity contribution in [3.8, 4) is 0 Å². The topological polar surface area (TPSA) is 29.1 Å². The van der Waals surface area contributed by atoms with E-state index in [9.17, 15) is 5.26 Å². The van der Waals surface area contributed by atoms with Crippen LogP contribution in [-0.4, -0.2) is 5.60 Å². The van der Waals surface area contributed by atoms with E-state index in [-0.39, 0.29) is 5.92 Å². The molecule has 0 aromatic rings. The Balaban J connectivity index is 4.23. The molecule has 0 fully saturated rings. The van der Waals surface area contributed by atoms with Crippen molar-refractivity contribution in [3.63, 3.8) is 0 Å². The van der Waals surface area contributed by atoms with Gasteiger partial charge in [0.1, 0.15) is 5.60 Å². The van der Waals surface area contributed by atoms with Crippen LogP contribution in [0.25, 0.3) is 0 Å². The molecule has 0 aliphatic carbocycles. The van der Waals surface area contributed by atoms with Crippen LogP contribution in [-0.2, 0) is 10.1 Å². The van der Waals surface area contributed by atoms with E-state index in [0.29, 0.717) is 0 Å². The summed E-state index contributed by atoms with van der Waals surface area (Å²) >= 11 is 0. The number of hydrogen-bond donors (Lipinski definition) is 0. The zero-order chi connectivity index (χ0) is 8.36. The quantitative estimate of drug-likeness (QED) is 0.441. The Labute approximate surface area is 63.1 Å². The predicted octanol–water partition coefficient (Wildman–Crippen LogP) is 2.38. The van der Waals surface area contributed by atoms with E-state index in [1.54, 1.807) is 0 Å². The first-order valence-electron chi connectivity index (χ1n) is 3.56. The van der Waals surface area contributed by atoms with Crippen LogP contribution >= 0.6 is 0 Å². The van der Waals surface area contributed by atoms with Gasteiger partial charge in [-0.05, 0) is 18.1 Å². The summed E-state index contributed by atoms with van der Waals surface area (Å²) in [7, 11) is 0. The molecule has 2 heteroatoms. The highest BCUT2D eigenvalue weighted by Gasteiger charge is 2.34. The molecule has 0 spiro atoms. The molecule has 0 amide bonds. The summed E-state index contributed by atoms with van der Waals surface area (Å²) in [6.07, 6.45) is 0. The average Bonchev–Trinajstić information content (AvgIpc) is 1.85. The molecule has 0 rings (SSSR count). The van der Waals surface area contributed by atoms with E-state index in [4.69, 9.17) is 0 Å². The third-order valence-corrected chi connectivity index (χ3v) is 2.27. The maximum atomic E-state index is 10.3. The highest BCUT2D eigenvalue weighted by molar-refractivity contribution is 5.01. The minimum absolute atomic E-state index is 0.231. The lowest BCUT2D eigenvalue weighted by atomic mass is 9.82. The van der Waals surface area contributed by atoms with Crippen molar-refractivity contribution in [1.29, 1.82) is 0 Å². The number of rotatable bonds is 3. The summed E-state index contributed by atoms with van der Waals surface area (Å²) in [6, 6.07) is 0. The molecular weight excluding hydrogens is 128 g/mol. The SMILES string of the molecule is C[C](C)C(C)(O[O])C(C)C. The maximum Gasteiger partial charge on any atom is 0.112 e. The average molecular weight is 144 g/mol. The molecule has 60 valence electrons. The van der Waals surface area contributed by atoms with Gasteiger partial charge in [0.05, 0.1) is 0 Å². The van der Waals surface area contributed by atoms with E-state index in [0.717, 1.165) is 5.92 Å². The van der Waals surface area contributed by atoms with E-state index in [1.165, 1.54) is 0 Å². The molecule has 0 heterocycles. The zero-order valence-corrected chi connectivity index (χ0v) is 7.39. The standard InChI is InChI=1S/C8H16O2/c1-6(2)8(5,10-9)7(3)4/h6H,1-5H3. The molecule has 0 N–H and O–H groups in total. The Bertz CT molecular complexity index is 89.4. The Morgan fingerprint density at radius 3 is 1.80 bits per heavy atom. The normalized spacial score (nSPS) is 13.2. The molecule has 0 aromatic carbocycles. The lowest BCUT2D eigenvalue weighted by Gasteiger charge is -2.32. The summed E-state index contributed by atoms with van der Waals surface area (Å²) < 4.78 is 0. The largest absolute Gasteiger partial charge is 0.197 e. The first-order chi connectivity index (χ1) is 4.45. The fourth-order valence-electron chi connectivity index (χ4n) is 0.757. The van der Waals surface area contributed by atoms with Gasteiger partial charge in [-0.15, -0.1) is 0 Å². The summed E-state index contributed by atoms with van der Waals surface area (Å²) in [4.78, 5) is 4.17. The van der Waals surface area contributed by atoms with Gasteiger partial charge in [0.15, 0.2) is 0 Å². The highest BCUT2D eigenvalue weighted by Crippen LogP contribution is 2.30. The molecule has 0 aromatic heterocycles. The molecule has 0 aliphatic heterocycles. The zero-order valence-electron chi connectivity index (χ0n) is 7.39. The van der Waals surface area contributed by atoms with Gasteiger partial charge in [-0.25, -0.2) is 0 Å². The Morgan fingerprint density at radius 1 is 1.40 bits per heavy atom. The Hall–Kier alpha value is -0.0800. The molecule has 0 aliphatic rings. The molecule has 1 unspecified atom stereocenters. The second kappa shape index (κ2) is 3.35. The van der Waals surface area contributed by atoms with Crippen molar-refractivity contribution in [3.05, 3.63) is 5.92 Å². The summed E-state index contributed by atoms with van der Waals surface area (Å²) in [5.74, 6) is 1.26. The van der Waals surface area contributed by atoms with Gasteiger partial charge in [-0.2, -0.15) is 4.89 Å². The second-order valence-corrected chi connectivity index (χ2v) is 3.35. The molecular formula is C8H16O2. The fraction of sp³-hybridized carbons (Fsp3) is 0.875. The monoisotopic (exact) mass is 144 g/mol. The molecule has 1 atom stereocenters. The Morgan fingerprint density at radius 2 is 1.80 bits per heavy atom. The van der Waals surface area contributed by atoms with Crippen LogP contribution in [0, 0.1) is 11.8 Å². The van der Waals surface area contributed by atoms with Crippen LogP contribution in [0.2, 0.25) is 0 Å². The van der Waals surface area contributed by atoms with Crippen molar-refractivity contribution in [2.45, 2.75) is 40.2 Å². The van der Waals surface area contributed by atoms with Crippen molar-refractivity contribution in [2.24, 2.45) is 5.92 Å².